The smallest absolute Gasteiger partial charge is 0.222 e. The Bertz CT molecular complexity index is 629. The van der Waals surface area contributed by atoms with Crippen LogP contribution < -0.4 is 10.6 Å². The maximum atomic E-state index is 12.0. The minimum atomic E-state index is 0.269. The summed E-state index contributed by atoms with van der Waals surface area (Å²) in [5.41, 5.74) is 2.39. The summed E-state index contributed by atoms with van der Waals surface area (Å²) in [5, 5.41) is 6.89. The highest BCUT2D eigenvalue weighted by molar-refractivity contribution is 5.80. The SMILES string of the molecule is CCCCC(CC)CNC(=NCc1ccccc1CN1CCCC1=O)NCC. The summed E-state index contributed by atoms with van der Waals surface area (Å²) in [7, 11) is 0. The van der Waals surface area contributed by atoms with Crippen LogP contribution in [0.1, 0.15) is 70.4 Å². The van der Waals surface area contributed by atoms with Gasteiger partial charge in [-0.2, -0.15) is 0 Å². The normalized spacial score (nSPS) is 15.8. The lowest BCUT2D eigenvalue weighted by atomic mass is 9.99. The summed E-state index contributed by atoms with van der Waals surface area (Å²) < 4.78 is 0. The van der Waals surface area contributed by atoms with Gasteiger partial charge in [-0.25, -0.2) is 4.99 Å². The van der Waals surface area contributed by atoms with Crippen molar-refractivity contribution in [3.05, 3.63) is 35.4 Å². The number of hydrogen-bond donors (Lipinski definition) is 2. The van der Waals surface area contributed by atoms with Crippen LogP contribution in [-0.4, -0.2) is 36.4 Å². The van der Waals surface area contributed by atoms with E-state index in [1.165, 1.54) is 36.8 Å². The van der Waals surface area contributed by atoms with Gasteiger partial charge >= 0.3 is 0 Å². The van der Waals surface area contributed by atoms with Crippen molar-refractivity contribution >= 4 is 11.9 Å². The molecule has 0 aromatic heterocycles. The summed E-state index contributed by atoms with van der Waals surface area (Å²) in [4.78, 5) is 18.8. The molecule has 0 radical (unpaired) electrons. The number of nitrogens with one attached hydrogen (secondary N) is 2. The molecule has 0 saturated carbocycles. The van der Waals surface area contributed by atoms with Crippen LogP contribution in [0.25, 0.3) is 0 Å². The number of guanidine groups is 1. The number of nitrogens with zero attached hydrogens (tertiary/aromatic N) is 2. The Labute approximate surface area is 171 Å². The summed E-state index contributed by atoms with van der Waals surface area (Å²) in [6.45, 7) is 10.6. The fraction of sp³-hybridized carbons (Fsp3) is 0.652. The first kappa shape index (κ1) is 22.3. The van der Waals surface area contributed by atoms with E-state index in [2.05, 4.69) is 49.6 Å². The molecule has 5 nitrogen and oxygen atoms in total. The number of rotatable bonds is 11. The van der Waals surface area contributed by atoms with Crippen molar-refractivity contribution in [1.82, 2.24) is 15.5 Å². The molecule has 1 atom stereocenters. The number of aliphatic imine (C=N–C) groups is 1. The molecule has 28 heavy (non-hydrogen) atoms. The van der Waals surface area contributed by atoms with Crippen LogP contribution in [0.4, 0.5) is 0 Å². The average molecular weight is 387 g/mol. The van der Waals surface area contributed by atoms with Crippen molar-refractivity contribution < 1.29 is 4.79 Å². The van der Waals surface area contributed by atoms with Gasteiger partial charge in [0.25, 0.3) is 0 Å². The maximum absolute atomic E-state index is 12.0. The first-order valence-electron chi connectivity index (χ1n) is 11.0. The molecule has 1 heterocycles. The number of benzene rings is 1. The van der Waals surface area contributed by atoms with Gasteiger partial charge in [0, 0.05) is 32.6 Å². The zero-order valence-electron chi connectivity index (χ0n) is 18.0. The third kappa shape index (κ3) is 7.17. The maximum Gasteiger partial charge on any atom is 0.222 e. The quantitative estimate of drug-likeness (QED) is 0.445. The van der Waals surface area contributed by atoms with E-state index in [0.29, 0.717) is 25.4 Å². The minimum Gasteiger partial charge on any atom is -0.357 e. The second-order valence-electron chi connectivity index (χ2n) is 7.68. The van der Waals surface area contributed by atoms with Crippen LogP contribution in [0.5, 0.6) is 0 Å². The Hall–Kier alpha value is -2.04. The number of amides is 1. The molecule has 5 heteroatoms. The fourth-order valence-electron chi connectivity index (χ4n) is 3.63. The Kier molecular flexibility index (Phi) is 9.87. The zero-order valence-corrected chi connectivity index (χ0v) is 18.0. The molecule has 1 aliphatic heterocycles. The van der Waals surface area contributed by atoms with Crippen molar-refractivity contribution in [2.24, 2.45) is 10.9 Å². The van der Waals surface area contributed by atoms with Crippen LogP contribution in [0.15, 0.2) is 29.3 Å². The lowest BCUT2D eigenvalue weighted by Crippen LogP contribution is -2.39. The van der Waals surface area contributed by atoms with Crippen LogP contribution in [-0.2, 0) is 17.9 Å². The number of carbonyl (C=O) groups is 1. The Morgan fingerprint density at radius 2 is 1.96 bits per heavy atom. The molecule has 2 N–H and O–H groups in total. The first-order valence-corrected chi connectivity index (χ1v) is 11.0. The molecular formula is C23H38N4O. The van der Waals surface area contributed by atoms with Crippen LogP contribution >= 0.6 is 0 Å². The zero-order chi connectivity index (χ0) is 20.2. The number of likely N-dealkylation sites (tertiary alicyclic amines) is 1. The van der Waals surface area contributed by atoms with E-state index in [0.717, 1.165) is 32.0 Å². The van der Waals surface area contributed by atoms with E-state index in [1.807, 2.05) is 11.0 Å². The van der Waals surface area contributed by atoms with Gasteiger partial charge in [0.1, 0.15) is 0 Å². The van der Waals surface area contributed by atoms with Crippen LogP contribution in [0.2, 0.25) is 0 Å². The highest BCUT2D eigenvalue weighted by Crippen LogP contribution is 2.18. The molecule has 1 aromatic carbocycles. The molecule has 0 aliphatic carbocycles. The number of hydrogen-bond acceptors (Lipinski definition) is 2. The number of unbranched alkanes of at least 4 members (excludes halogenated alkanes) is 1. The Balaban J connectivity index is 1.98. The monoisotopic (exact) mass is 386 g/mol. The van der Waals surface area contributed by atoms with Crippen molar-refractivity contribution in [3.63, 3.8) is 0 Å². The fourth-order valence-corrected chi connectivity index (χ4v) is 3.63. The van der Waals surface area contributed by atoms with Crippen molar-refractivity contribution in [2.45, 2.75) is 72.4 Å². The highest BCUT2D eigenvalue weighted by Gasteiger charge is 2.20. The highest BCUT2D eigenvalue weighted by atomic mass is 16.2. The lowest BCUT2D eigenvalue weighted by Gasteiger charge is -2.19. The van der Waals surface area contributed by atoms with Crippen LogP contribution in [0, 0.1) is 5.92 Å². The summed E-state index contributed by atoms with van der Waals surface area (Å²) in [6.07, 6.45) is 6.67. The van der Waals surface area contributed by atoms with E-state index in [4.69, 9.17) is 4.99 Å². The second kappa shape index (κ2) is 12.4. The van der Waals surface area contributed by atoms with Gasteiger partial charge in [0.2, 0.25) is 5.91 Å². The molecule has 0 bridgehead atoms. The molecule has 0 spiro atoms. The standard InChI is InChI=1S/C23H38N4O/c1-4-7-11-19(5-2)16-25-23(24-6-3)26-17-20-12-8-9-13-21(20)18-27-15-10-14-22(27)28/h8-9,12-13,19H,4-7,10-11,14-18H2,1-3H3,(H2,24,25,26). The van der Waals surface area contributed by atoms with Crippen molar-refractivity contribution in [1.29, 1.82) is 0 Å². The Morgan fingerprint density at radius 3 is 2.61 bits per heavy atom. The van der Waals surface area contributed by atoms with Gasteiger partial charge in [0.15, 0.2) is 5.96 Å². The lowest BCUT2D eigenvalue weighted by molar-refractivity contribution is -0.128. The molecule has 1 saturated heterocycles. The van der Waals surface area contributed by atoms with Crippen molar-refractivity contribution in [3.8, 4) is 0 Å². The molecule has 1 fully saturated rings. The molecule has 2 rings (SSSR count). The van der Waals surface area contributed by atoms with Gasteiger partial charge < -0.3 is 15.5 Å². The first-order chi connectivity index (χ1) is 13.7. The van der Waals surface area contributed by atoms with Gasteiger partial charge in [-0.1, -0.05) is 57.4 Å². The van der Waals surface area contributed by atoms with E-state index < -0.39 is 0 Å². The molecule has 1 unspecified atom stereocenters. The van der Waals surface area contributed by atoms with E-state index in [9.17, 15) is 4.79 Å². The van der Waals surface area contributed by atoms with Gasteiger partial charge in [-0.15, -0.1) is 0 Å². The molecule has 1 amide bonds. The average Bonchev–Trinajstić information content (AvgIpc) is 3.11. The van der Waals surface area contributed by atoms with Gasteiger partial charge in [-0.05, 0) is 36.8 Å². The Morgan fingerprint density at radius 1 is 1.18 bits per heavy atom. The van der Waals surface area contributed by atoms with E-state index in [1.54, 1.807) is 0 Å². The summed E-state index contributed by atoms with van der Waals surface area (Å²) in [5.74, 6) is 1.84. The van der Waals surface area contributed by atoms with Crippen molar-refractivity contribution in [2.75, 3.05) is 19.6 Å². The third-order valence-corrected chi connectivity index (χ3v) is 5.50. The van der Waals surface area contributed by atoms with E-state index >= 15 is 0 Å². The molecule has 1 aromatic rings. The number of carbonyl (C=O) groups excluding carboxylic acids is 1. The largest absolute Gasteiger partial charge is 0.357 e. The predicted octanol–water partition coefficient (Wildman–Crippen LogP) is 4.08. The van der Waals surface area contributed by atoms with Crippen LogP contribution in [0.3, 0.4) is 0 Å². The summed E-state index contributed by atoms with van der Waals surface area (Å²) in [6, 6.07) is 8.35. The predicted molar refractivity (Wildman–Crippen MR) is 117 cm³/mol. The topological polar surface area (TPSA) is 56.7 Å². The van der Waals surface area contributed by atoms with E-state index in [-0.39, 0.29) is 5.91 Å². The summed E-state index contributed by atoms with van der Waals surface area (Å²) >= 11 is 0. The molecule has 156 valence electrons. The van der Waals surface area contributed by atoms with Gasteiger partial charge in [-0.3, -0.25) is 4.79 Å². The minimum absolute atomic E-state index is 0.269. The van der Waals surface area contributed by atoms with Gasteiger partial charge in [0.05, 0.1) is 6.54 Å². The third-order valence-electron chi connectivity index (χ3n) is 5.50. The molecular weight excluding hydrogens is 348 g/mol. The second-order valence-corrected chi connectivity index (χ2v) is 7.68. The molecule has 1 aliphatic rings.